The van der Waals surface area contributed by atoms with Gasteiger partial charge in [0.2, 0.25) is 5.91 Å². The first kappa shape index (κ1) is 25.9. The van der Waals surface area contributed by atoms with Gasteiger partial charge in [-0.2, -0.15) is 5.10 Å². The summed E-state index contributed by atoms with van der Waals surface area (Å²) in [6, 6.07) is -0.117. The fourth-order valence-corrected chi connectivity index (χ4v) is 3.95. The Kier molecular flexibility index (Phi) is 7.87. The molecule has 1 aromatic rings. The van der Waals surface area contributed by atoms with Crippen LogP contribution in [0.5, 0.6) is 11.5 Å². The lowest BCUT2D eigenvalue weighted by Crippen LogP contribution is -2.66. The number of carbonyl (C=O) groups is 4. The number of aliphatic carboxylic acids is 1. The number of thiol groups is 1. The number of halogens is 1. The molecular formula is C18H21ClN4O9S. The van der Waals surface area contributed by atoms with Gasteiger partial charge in [-0.05, 0) is 26.0 Å². The second kappa shape index (κ2) is 10.0. The summed E-state index contributed by atoms with van der Waals surface area (Å²) in [7, 11) is -3.45. The minimum Gasteiger partial charge on any atom is -0.504 e. The van der Waals surface area contributed by atoms with Gasteiger partial charge in [0.15, 0.2) is 28.2 Å². The number of carbonyl (C=O) groups excluding carboxylic acids is 3. The summed E-state index contributed by atoms with van der Waals surface area (Å²) < 4.78 is 21.6. The Bertz CT molecular complexity index is 1100. The summed E-state index contributed by atoms with van der Waals surface area (Å²) in [5.74, 6) is -5.11. The molecule has 0 radical (unpaired) electrons. The molecule has 15 heteroatoms. The van der Waals surface area contributed by atoms with E-state index in [1.807, 2.05) is 5.43 Å². The van der Waals surface area contributed by atoms with Crippen LogP contribution in [0.25, 0.3) is 0 Å². The highest BCUT2D eigenvalue weighted by molar-refractivity contribution is 7.75. The molecule has 0 saturated carbocycles. The number of hydrogen-bond donors (Lipinski definition) is 6. The summed E-state index contributed by atoms with van der Waals surface area (Å²) >= 11 is 5.76. The van der Waals surface area contributed by atoms with Crippen molar-refractivity contribution in [2.75, 3.05) is 6.54 Å². The van der Waals surface area contributed by atoms with Gasteiger partial charge in [0.1, 0.15) is 4.75 Å². The number of carboxylic acid groups (broad SMARTS) is 1. The number of nitrogens with one attached hydrogen (secondary N) is 2. The molecule has 5 N–H and O–H groups in total. The molecule has 33 heavy (non-hydrogen) atoms. The summed E-state index contributed by atoms with van der Waals surface area (Å²) in [5.41, 5.74) is 1.73. The average Bonchev–Trinajstić information content (AvgIpc) is 2.73. The molecule has 3 amide bonds. The second-order valence-corrected chi connectivity index (χ2v) is 9.20. The number of likely N-dealkylation sites (tertiary alicyclic amines) is 1. The van der Waals surface area contributed by atoms with Gasteiger partial charge >= 0.3 is 5.97 Å². The minimum absolute atomic E-state index is 0.0753. The Balaban J connectivity index is 2.07. The number of hydrazone groups is 1. The number of amides is 3. The van der Waals surface area contributed by atoms with Crippen LogP contribution in [0.2, 0.25) is 5.02 Å². The van der Waals surface area contributed by atoms with Crippen molar-refractivity contribution >= 4 is 52.2 Å². The number of phenolic OH excluding ortho intramolecular Hbond substituents is 2. The Morgan fingerprint density at radius 2 is 2.00 bits per heavy atom. The lowest BCUT2D eigenvalue weighted by molar-refractivity contribution is -0.161. The molecule has 0 unspecified atom stereocenters. The molecule has 13 nitrogen and oxygen atoms in total. The maximum absolute atomic E-state index is 12.1. The van der Waals surface area contributed by atoms with E-state index in [-0.39, 0.29) is 12.0 Å². The first-order valence-corrected chi connectivity index (χ1v) is 10.9. The highest BCUT2D eigenvalue weighted by Gasteiger charge is 2.52. The third kappa shape index (κ3) is 5.34. The Morgan fingerprint density at radius 1 is 1.36 bits per heavy atom. The molecule has 1 aromatic carbocycles. The van der Waals surface area contributed by atoms with E-state index in [1.54, 1.807) is 6.92 Å². The van der Waals surface area contributed by atoms with Crippen LogP contribution in [0.15, 0.2) is 17.2 Å². The number of aromatic hydroxyl groups is 2. The molecule has 1 saturated heterocycles. The van der Waals surface area contributed by atoms with Gasteiger partial charge in [-0.1, -0.05) is 11.6 Å². The molecule has 180 valence electrons. The highest BCUT2D eigenvalue weighted by Crippen LogP contribution is 2.35. The predicted molar refractivity (Wildman–Crippen MR) is 115 cm³/mol. The number of carboxylic acids is 1. The second-order valence-electron chi connectivity index (χ2n) is 7.35. The highest BCUT2D eigenvalue weighted by atomic mass is 35.5. The smallest absolute Gasteiger partial charge is 0.328 e. The number of β-lactam (4-membered cyclic amide) rings is 1. The van der Waals surface area contributed by atoms with Crippen molar-refractivity contribution in [1.29, 1.82) is 0 Å². The van der Waals surface area contributed by atoms with Gasteiger partial charge in [0.05, 0.1) is 17.1 Å². The Labute approximate surface area is 194 Å². The van der Waals surface area contributed by atoms with Gasteiger partial charge < -0.3 is 25.5 Å². The fourth-order valence-electron chi connectivity index (χ4n) is 3.12. The number of hydrogen-bond acceptors (Lipinski definition) is 9. The molecule has 2 rings (SSSR count). The van der Waals surface area contributed by atoms with E-state index in [9.17, 15) is 42.9 Å². The maximum atomic E-state index is 12.1. The van der Waals surface area contributed by atoms with Crippen LogP contribution >= 0.6 is 11.6 Å². The van der Waals surface area contributed by atoms with E-state index in [1.165, 1.54) is 0 Å². The van der Waals surface area contributed by atoms with E-state index in [0.29, 0.717) is 6.21 Å². The van der Waals surface area contributed by atoms with Crippen LogP contribution in [-0.2, 0) is 25.1 Å². The maximum Gasteiger partial charge on any atom is 0.328 e. The summed E-state index contributed by atoms with van der Waals surface area (Å²) in [5, 5.41) is 33.7. The summed E-state index contributed by atoms with van der Waals surface area (Å²) in [6.07, 6.45) is 0.774. The van der Waals surface area contributed by atoms with Crippen LogP contribution in [0.1, 0.15) is 30.6 Å². The largest absolute Gasteiger partial charge is 0.504 e. The molecule has 1 fully saturated rings. The van der Waals surface area contributed by atoms with Gasteiger partial charge in [0.25, 0.3) is 11.8 Å². The topological polar surface area (TPSA) is 203 Å². The zero-order valence-corrected chi connectivity index (χ0v) is 19.0. The normalized spacial score (nSPS) is 18.5. The molecule has 1 heterocycles. The molecule has 1 aliphatic heterocycles. The number of rotatable bonds is 9. The number of benzene rings is 1. The van der Waals surface area contributed by atoms with Crippen molar-refractivity contribution in [3.05, 3.63) is 22.7 Å². The standard InChI is InChI=1S/C18H21ClN4O9S/c1-8-5-12(26)23(8)15(17(29)30)18(2,33(31)32)7-21-22-11(25)6-20-16(28)9-3-4-10(24)14(27)13(9)19/h3-4,7-8,15,24,27,33H,5-6H2,1-2H3,(H,20,28)(H,22,25)(H,29,30)/b21-7+/t8-,15+,18+/m1/s1. The third-order valence-corrected chi connectivity index (χ3v) is 6.49. The lowest BCUT2D eigenvalue weighted by Gasteiger charge is -2.45. The summed E-state index contributed by atoms with van der Waals surface area (Å²) in [4.78, 5) is 48.6. The van der Waals surface area contributed by atoms with Gasteiger partial charge in [0, 0.05) is 18.7 Å². The number of phenols is 2. The zero-order chi connectivity index (χ0) is 25.1. The average molecular weight is 505 g/mol. The quantitative estimate of drug-likeness (QED) is 0.0803. The van der Waals surface area contributed by atoms with Crippen LogP contribution in [-0.4, -0.2) is 81.9 Å². The van der Waals surface area contributed by atoms with Gasteiger partial charge in [-0.25, -0.2) is 18.6 Å². The molecule has 0 aliphatic carbocycles. The number of nitrogens with zero attached hydrogens (tertiary/aromatic N) is 2. The monoisotopic (exact) mass is 504 g/mol. The van der Waals surface area contributed by atoms with E-state index in [4.69, 9.17) is 11.6 Å². The van der Waals surface area contributed by atoms with E-state index in [2.05, 4.69) is 10.4 Å². The van der Waals surface area contributed by atoms with Gasteiger partial charge in [-0.15, -0.1) is 0 Å². The Hall–Kier alpha value is -3.39. The first-order chi connectivity index (χ1) is 15.3. The van der Waals surface area contributed by atoms with Crippen molar-refractivity contribution in [2.24, 2.45) is 5.10 Å². The lowest BCUT2D eigenvalue weighted by atomic mass is 9.92. The summed E-state index contributed by atoms with van der Waals surface area (Å²) in [6.45, 7) is 1.97. The van der Waals surface area contributed by atoms with Crippen molar-refractivity contribution in [1.82, 2.24) is 15.6 Å². The fraction of sp³-hybridized carbons (Fsp3) is 0.389. The molecule has 0 spiro atoms. The van der Waals surface area contributed by atoms with E-state index in [0.717, 1.165) is 24.0 Å². The third-order valence-electron chi connectivity index (χ3n) is 4.96. The molecule has 0 aromatic heterocycles. The van der Waals surface area contributed by atoms with Crippen LogP contribution in [0, 0.1) is 0 Å². The Morgan fingerprint density at radius 3 is 2.52 bits per heavy atom. The van der Waals surface area contributed by atoms with Crippen LogP contribution < -0.4 is 10.7 Å². The van der Waals surface area contributed by atoms with Crippen molar-refractivity contribution in [2.45, 2.75) is 37.1 Å². The molecule has 3 atom stereocenters. The SMILES string of the molecule is C[C@@H]1CC(=O)N1[C@@H](C(=O)O)[C@](C)(/C=N/NC(=O)CNC(=O)c1ccc(O)c(O)c1Cl)[SH](=O)=O. The van der Waals surface area contributed by atoms with Crippen molar-refractivity contribution in [3.8, 4) is 11.5 Å². The van der Waals surface area contributed by atoms with Gasteiger partial charge in [-0.3, -0.25) is 14.4 Å². The predicted octanol–water partition coefficient (Wildman–Crippen LogP) is -0.973. The van der Waals surface area contributed by atoms with E-state index < -0.39 is 74.3 Å². The van der Waals surface area contributed by atoms with Crippen LogP contribution in [0.3, 0.4) is 0 Å². The zero-order valence-electron chi connectivity index (χ0n) is 17.3. The van der Waals surface area contributed by atoms with Crippen molar-refractivity contribution < 1.29 is 42.9 Å². The minimum atomic E-state index is -3.45. The molecular weight excluding hydrogens is 484 g/mol. The first-order valence-electron chi connectivity index (χ1n) is 9.31. The van der Waals surface area contributed by atoms with Crippen LogP contribution in [0.4, 0.5) is 0 Å². The molecule has 0 bridgehead atoms. The van der Waals surface area contributed by atoms with E-state index >= 15 is 0 Å². The van der Waals surface area contributed by atoms with Crippen molar-refractivity contribution in [3.63, 3.8) is 0 Å². The molecule has 1 aliphatic rings.